The van der Waals surface area contributed by atoms with Gasteiger partial charge in [0, 0.05) is 24.1 Å². The molecule has 0 fully saturated rings. The summed E-state index contributed by atoms with van der Waals surface area (Å²) < 4.78 is 24.1. The third-order valence-electron chi connectivity index (χ3n) is 4.77. The van der Waals surface area contributed by atoms with Gasteiger partial charge in [-0.1, -0.05) is 0 Å². The Hall–Kier alpha value is -4.20. The number of aromatic amines is 1. The Morgan fingerprint density at radius 3 is 2.77 bits per heavy atom. The van der Waals surface area contributed by atoms with E-state index in [2.05, 4.69) is 20.3 Å². The number of hydrogen-bond donors (Lipinski definition) is 2. The standard InChI is InChI=1S/C23H17FN4O3/c24-15-5-3-14(4-6-15)20-13-25-22(31-20)10-9-21(29)26-16-7-8-17-18(12-16)28-23(27-17)19-2-1-11-30-19/h1-8,11-13H,9-10H2,(H,26,29)(H,27,28). The van der Waals surface area contributed by atoms with Gasteiger partial charge in [0.05, 0.1) is 23.5 Å². The highest BCUT2D eigenvalue weighted by molar-refractivity contribution is 5.93. The van der Waals surface area contributed by atoms with Crippen LogP contribution >= 0.6 is 0 Å². The smallest absolute Gasteiger partial charge is 0.224 e. The fourth-order valence-electron chi connectivity index (χ4n) is 3.23. The van der Waals surface area contributed by atoms with E-state index >= 15 is 0 Å². The number of nitrogens with one attached hydrogen (secondary N) is 2. The third-order valence-corrected chi connectivity index (χ3v) is 4.77. The van der Waals surface area contributed by atoms with Gasteiger partial charge in [-0.3, -0.25) is 4.79 Å². The van der Waals surface area contributed by atoms with Gasteiger partial charge < -0.3 is 19.1 Å². The van der Waals surface area contributed by atoms with Gasteiger partial charge in [0.1, 0.15) is 5.82 Å². The zero-order valence-electron chi connectivity index (χ0n) is 16.3. The number of aryl methyl sites for hydroxylation is 1. The van der Waals surface area contributed by atoms with Crippen molar-refractivity contribution in [3.8, 4) is 22.9 Å². The van der Waals surface area contributed by atoms with Crippen molar-refractivity contribution >= 4 is 22.6 Å². The highest BCUT2D eigenvalue weighted by Crippen LogP contribution is 2.24. The molecule has 5 rings (SSSR count). The summed E-state index contributed by atoms with van der Waals surface area (Å²) in [6, 6.07) is 15.0. The monoisotopic (exact) mass is 416 g/mol. The number of furan rings is 1. The van der Waals surface area contributed by atoms with Crippen LogP contribution in [-0.2, 0) is 11.2 Å². The van der Waals surface area contributed by atoms with E-state index in [1.807, 2.05) is 18.2 Å². The highest BCUT2D eigenvalue weighted by Gasteiger charge is 2.11. The number of aromatic nitrogens is 3. The number of carbonyl (C=O) groups is 1. The molecule has 5 aromatic rings. The fraction of sp³-hybridized carbons (Fsp3) is 0.0870. The maximum atomic E-state index is 13.0. The number of hydrogen-bond acceptors (Lipinski definition) is 5. The van der Waals surface area contributed by atoms with E-state index in [4.69, 9.17) is 8.83 Å². The van der Waals surface area contributed by atoms with Crippen molar-refractivity contribution < 1.29 is 18.0 Å². The second-order valence-electron chi connectivity index (χ2n) is 6.97. The first-order valence-corrected chi connectivity index (χ1v) is 9.68. The minimum absolute atomic E-state index is 0.161. The molecule has 3 heterocycles. The molecule has 0 saturated carbocycles. The second kappa shape index (κ2) is 7.91. The second-order valence-corrected chi connectivity index (χ2v) is 6.97. The van der Waals surface area contributed by atoms with Crippen LogP contribution in [0.5, 0.6) is 0 Å². The Balaban J connectivity index is 1.21. The molecule has 0 radical (unpaired) electrons. The van der Waals surface area contributed by atoms with Crippen molar-refractivity contribution in [2.45, 2.75) is 12.8 Å². The third kappa shape index (κ3) is 4.09. The Kier molecular flexibility index (Phi) is 4.80. The van der Waals surface area contributed by atoms with Gasteiger partial charge in [0.25, 0.3) is 0 Å². The number of carbonyl (C=O) groups excluding carboxylic acids is 1. The maximum absolute atomic E-state index is 13.0. The molecule has 7 nitrogen and oxygen atoms in total. The molecule has 0 aliphatic carbocycles. The molecule has 31 heavy (non-hydrogen) atoms. The van der Waals surface area contributed by atoms with Crippen molar-refractivity contribution in [1.29, 1.82) is 0 Å². The van der Waals surface area contributed by atoms with Crippen LogP contribution in [0.1, 0.15) is 12.3 Å². The van der Waals surface area contributed by atoms with E-state index in [0.717, 1.165) is 16.6 Å². The first-order valence-electron chi connectivity index (χ1n) is 9.68. The average Bonchev–Trinajstić information content (AvgIpc) is 3.52. The molecule has 0 aliphatic rings. The first-order chi connectivity index (χ1) is 15.1. The number of benzene rings is 2. The summed E-state index contributed by atoms with van der Waals surface area (Å²) in [6.07, 6.45) is 3.72. The summed E-state index contributed by atoms with van der Waals surface area (Å²) in [5.41, 5.74) is 2.95. The van der Waals surface area contributed by atoms with Crippen LogP contribution in [0.4, 0.5) is 10.1 Å². The molecule has 2 N–H and O–H groups in total. The molecular weight excluding hydrogens is 399 g/mol. The molecule has 0 bridgehead atoms. The molecule has 2 aromatic carbocycles. The zero-order valence-corrected chi connectivity index (χ0v) is 16.3. The van der Waals surface area contributed by atoms with Gasteiger partial charge in [0.15, 0.2) is 23.2 Å². The van der Waals surface area contributed by atoms with Crippen molar-refractivity contribution in [2.24, 2.45) is 0 Å². The Bertz CT molecular complexity index is 1340. The lowest BCUT2D eigenvalue weighted by Crippen LogP contribution is -2.12. The lowest BCUT2D eigenvalue weighted by atomic mass is 10.2. The molecule has 0 aliphatic heterocycles. The maximum Gasteiger partial charge on any atom is 0.224 e. The molecule has 0 unspecified atom stereocenters. The minimum atomic E-state index is -0.314. The van der Waals surface area contributed by atoms with Crippen LogP contribution < -0.4 is 5.32 Å². The van der Waals surface area contributed by atoms with Gasteiger partial charge >= 0.3 is 0 Å². The molecule has 0 atom stereocenters. The lowest BCUT2D eigenvalue weighted by Gasteiger charge is -2.04. The summed E-state index contributed by atoms with van der Waals surface area (Å²) in [6.45, 7) is 0. The van der Waals surface area contributed by atoms with Gasteiger partial charge in [0.2, 0.25) is 5.91 Å². The van der Waals surface area contributed by atoms with E-state index in [0.29, 0.717) is 35.3 Å². The minimum Gasteiger partial charge on any atom is -0.461 e. The van der Waals surface area contributed by atoms with E-state index in [1.54, 1.807) is 36.7 Å². The lowest BCUT2D eigenvalue weighted by molar-refractivity contribution is -0.116. The zero-order chi connectivity index (χ0) is 21.2. The molecular formula is C23H17FN4O3. The number of amides is 1. The van der Waals surface area contributed by atoms with E-state index in [9.17, 15) is 9.18 Å². The van der Waals surface area contributed by atoms with Crippen molar-refractivity contribution in [3.05, 3.63) is 78.8 Å². The summed E-state index contributed by atoms with van der Waals surface area (Å²) in [5, 5.41) is 2.87. The van der Waals surface area contributed by atoms with Gasteiger partial charge in [-0.05, 0) is 54.6 Å². The van der Waals surface area contributed by atoms with Gasteiger partial charge in [-0.25, -0.2) is 14.4 Å². The average molecular weight is 416 g/mol. The molecule has 3 aromatic heterocycles. The van der Waals surface area contributed by atoms with Crippen LogP contribution in [-0.4, -0.2) is 20.9 Å². The summed E-state index contributed by atoms with van der Waals surface area (Å²) >= 11 is 0. The van der Waals surface area contributed by atoms with E-state index in [1.165, 1.54) is 12.1 Å². The van der Waals surface area contributed by atoms with Gasteiger partial charge in [-0.15, -0.1) is 0 Å². The largest absolute Gasteiger partial charge is 0.461 e. The van der Waals surface area contributed by atoms with Crippen LogP contribution in [0.2, 0.25) is 0 Å². The Labute approximate surface area is 175 Å². The summed E-state index contributed by atoms with van der Waals surface area (Å²) in [7, 11) is 0. The van der Waals surface area contributed by atoms with Crippen LogP contribution in [0.25, 0.3) is 33.9 Å². The molecule has 0 spiro atoms. The topological polar surface area (TPSA) is 97.0 Å². The van der Waals surface area contributed by atoms with Crippen LogP contribution in [0.15, 0.2) is 75.9 Å². The van der Waals surface area contributed by atoms with Crippen molar-refractivity contribution in [3.63, 3.8) is 0 Å². The van der Waals surface area contributed by atoms with Crippen molar-refractivity contribution in [1.82, 2.24) is 15.0 Å². The normalized spacial score (nSPS) is 11.1. The van der Waals surface area contributed by atoms with Gasteiger partial charge in [-0.2, -0.15) is 0 Å². The first kappa shape index (κ1) is 18.8. The quantitative estimate of drug-likeness (QED) is 0.397. The number of oxazole rings is 1. The van der Waals surface area contributed by atoms with Crippen LogP contribution in [0, 0.1) is 5.82 Å². The summed E-state index contributed by atoms with van der Waals surface area (Å²) in [5.74, 6) is 1.78. The number of imidazole rings is 1. The number of nitrogens with zero attached hydrogens (tertiary/aromatic N) is 2. The van der Waals surface area contributed by atoms with Crippen LogP contribution in [0.3, 0.4) is 0 Å². The van der Waals surface area contributed by atoms with E-state index < -0.39 is 0 Å². The molecule has 0 saturated heterocycles. The number of H-pyrrole nitrogens is 1. The predicted octanol–water partition coefficient (Wildman–Crippen LogP) is 5.19. The molecule has 154 valence electrons. The Morgan fingerprint density at radius 1 is 1.10 bits per heavy atom. The van der Waals surface area contributed by atoms with Crippen molar-refractivity contribution in [2.75, 3.05) is 5.32 Å². The molecule has 1 amide bonds. The van der Waals surface area contributed by atoms with E-state index in [-0.39, 0.29) is 18.1 Å². The number of fused-ring (bicyclic) bond motifs is 1. The fourth-order valence-corrected chi connectivity index (χ4v) is 3.23. The summed E-state index contributed by atoms with van der Waals surface area (Å²) in [4.78, 5) is 24.2. The number of anilines is 1. The number of rotatable bonds is 6. The number of halogens is 1. The predicted molar refractivity (Wildman–Crippen MR) is 113 cm³/mol. The molecule has 8 heteroatoms. The Morgan fingerprint density at radius 2 is 1.97 bits per heavy atom. The highest BCUT2D eigenvalue weighted by atomic mass is 19.1. The SMILES string of the molecule is O=C(CCc1ncc(-c2ccc(F)cc2)o1)Nc1ccc2nc(-c3ccco3)[nH]c2c1.